The third-order valence-electron chi connectivity index (χ3n) is 7.33. The van der Waals surface area contributed by atoms with Crippen LogP contribution in [0, 0.1) is 13.8 Å². The van der Waals surface area contributed by atoms with Gasteiger partial charge in [0.15, 0.2) is 5.78 Å². The molecule has 0 heterocycles. The summed E-state index contributed by atoms with van der Waals surface area (Å²) in [5, 5.41) is 0. The van der Waals surface area contributed by atoms with Gasteiger partial charge in [-0.3, -0.25) is 4.79 Å². The summed E-state index contributed by atoms with van der Waals surface area (Å²) in [5.41, 5.74) is 7.35. The highest BCUT2D eigenvalue weighted by molar-refractivity contribution is 6.14. The fraction of sp³-hybridized carbons (Fsp3) is 0.125. The van der Waals surface area contributed by atoms with Gasteiger partial charge in [0.2, 0.25) is 0 Å². The smallest absolute Gasteiger partial charge is 0.336 e. The second kappa shape index (κ2) is 14.8. The van der Waals surface area contributed by atoms with Crippen molar-refractivity contribution in [1.29, 1.82) is 0 Å². The van der Waals surface area contributed by atoms with E-state index < -0.39 is 11.9 Å². The first kappa shape index (κ1) is 30.9. The molecule has 224 valence electrons. The molecule has 1 fully saturated rings. The van der Waals surface area contributed by atoms with Crippen LogP contribution in [0.1, 0.15) is 52.6 Å². The van der Waals surface area contributed by atoms with E-state index >= 15 is 0 Å². The predicted octanol–water partition coefficient (Wildman–Crippen LogP) is 8.76. The zero-order chi connectivity index (χ0) is 31.6. The predicted molar refractivity (Wildman–Crippen MR) is 179 cm³/mol. The first-order chi connectivity index (χ1) is 21.8. The standard InChI is InChI=1S/C40H34O5/c1-28-6-10-30(11-7-28)18-24-38(41)44-36-20-14-32(15-21-36)26-34-4-3-5-35(40(34)43)27-33-16-22-37(23-17-33)45-39(42)25-19-31-12-8-29(2)9-13-31/h6-27H,3-5H2,1-2H3/b24-18+,25-19+,34-26+,35-27+. The Morgan fingerprint density at radius 3 is 1.27 bits per heavy atom. The molecule has 0 radical (unpaired) electrons. The average molecular weight is 595 g/mol. The molecule has 0 aromatic heterocycles. The topological polar surface area (TPSA) is 69.7 Å². The van der Waals surface area contributed by atoms with Gasteiger partial charge in [-0.15, -0.1) is 0 Å². The second-order valence-corrected chi connectivity index (χ2v) is 11.0. The van der Waals surface area contributed by atoms with Gasteiger partial charge in [0, 0.05) is 23.3 Å². The molecule has 5 heteroatoms. The van der Waals surface area contributed by atoms with Crippen LogP contribution in [0.4, 0.5) is 0 Å². The fourth-order valence-corrected chi connectivity index (χ4v) is 4.83. The van der Waals surface area contributed by atoms with Crippen molar-refractivity contribution < 1.29 is 23.9 Å². The number of Topliss-reactive ketones (excluding diaryl/α,β-unsaturated/α-hetero) is 1. The van der Waals surface area contributed by atoms with Crippen LogP contribution in [0.3, 0.4) is 0 Å². The molecule has 5 nitrogen and oxygen atoms in total. The minimum Gasteiger partial charge on any atom is -0.423 e. The van der Waals surface area contributed by atoms with Crippen molar-refractivity contribution in [3.8, 4) is 11.5 Å². The lowest BCUT2D eigenvalue weighted by atomic mass is 9.87. The molecule has 0 amide bonds. The minimum atomic E-state index is -0.458. The lowest BCUT2D eigenvalue weighted by Gasteiger charge is -2.16. The molecular weight excluding hydrogens is 560 g/mol. The number of ether oxygens (including phenoxy) is 2. The number of benzene rings is 4. The van der Waals surface area contributed by atoms with Crippen molar-refractivity contribution in [1.82, 2.24) is 0 Å². The molecule has 1 saturated carbocycles. The molecule has 0 atom stereocenters. The largest absolute Gasteiger partial charge is 0.423 e. The summed E-state index contributed by atoms with van der Waals surface area (Å²) in [7, 11) is 0. The molecule has 1 aliphatic carbocycles. The fourth-order valence-electron chi connectivity index (χ4n) is 4.83. The monoisotopic (exact) mass is 594 g/mol. The van der Waals surface area contributed by atoms with Crippen LogP contribution in [-0.2, 0) is 14.4 Å². The van der Waals surface area contributed by atoms with E-state index in [9.17, 15) is 14.4 Å². The maximum absolute atomic E-state index is 13.3. The van der Waals surface area contributed by atoms with Gasteiger partial charge < -0.3 is 9.47 Å². The van der Waals surface area contributed by atoms with Gasteiger partial charge in [0.25, 0.3) is 0 Å². The molecule has 0 aliphatic heterocycles. The number of carbonyl (C=O) groups is 3. The van der Waals surface area contributed by atoms with Gasteiger partial charge >= 0.3 is 11.9 Å². The number of hydrogen-bond donors (Lipinski definition) is 0. The third-order valence-corrected chi connectivity index (χ3v) is 7.33. The zero-order valence-corrected chi connectivity index (χ0v) is 25.4. The first-order valence-corrected chi connectivity index (χ1v) is 14.9. The number of ketones is 1. The van der Waals surface area contributed by atoms with Gasteiger partial charge in [0.05, 0.1) is 0 Å². The summed E-state index contributed by atoms with van der Waals surface area (Å²) >= 11 is 0. The van der Waals surface area contributed by atoms with Crippen LogP contribution < -0.4 is 9.47 Å². The van der Waals surface area contributed by atoms with Crippen LogP contribution in [0.25, 0.3) is 24.3 Å². The van der Waals surface area contributed by atoms with E-state index in [2.05, 4.69) is 0 Å². The van der Waals surface area contributed by atoms with Crippen molar-refractivity contribution in [3.05, 3.63) is 154 Å². The van der Waals surface area contributed by atoms with Crippen LogP contribution >= 0.6 is 0 Å². The van der Waals surface area contributed by atoms with Crippen molar-refractivity contribution >= 4 is 42.0 Å². The quantitative estimate of drug-likeness (QED) is 0.116. The Morgan fingerprint density at radius 1 is 0.533 bits per heavy atom. The van der Waals surface area contributed by atoms with Crippen molar-refractivity contribution in [2.45, 2.75) is 33.1 Å². The molecule has 5 rings (SSSR count). The number of aryl methyl sites for hydroxylation is 2. The van der Waals surface area contributed by atoms with Gasteiger partial charge in [-0.1, -0.05) is 83.9 Å². The van der Waals surface area contributed by atoms with Crippen molar-refractivity contribution in [2.24, 2.45) is 0 Å². The second-order valence-electron chi connectivity index (χ2n) is 11.0. The van der Waals surface area contributed by atoms with Gasteiger partial charge in [-0.25, -0.2) is 9.59 Å². The number of rotatable bonds is 8. The summed E-state index contributed by atoms with van der Waals surface area (Å²) in [6.45, 7) is 4.02. The Bertz CT molecular complexity index is 1650. The molecule has 0 unspecified atom stereocenters. The summed E-state index contributed by atoms with van der Waals surface area (Å²) < 4.78 is 10.8. The van der Waals surface area contributed by atoms with E-state index in [1.807, 2.05) is 98.8 Å². The molecular formula is C40H34O5. The summed E-state index contributed by atoms with van der Waals surface area (Å²) in [6, 6.07) is 29.9. The Hall–Kier alpha value is -5.55. The number of allylic oxidation sites excluding steroid dienone is 2. The van der Waals surface area contributed by atoms with E-state index in [-0.39, 0.29) is 5.78 Å². The molecule has 0 spiro atoms. The van der Waals surface area contributed by atoms with Gasteiger partial charge in [-0.05, 0) is 104 Å². The van der Waals surface area contributed by atoms with Crippen LogP contribution in [-0.4, -0.2) is 17.7 Å². The van der Waals surface area contributed by atoms with Gasteiger partial charge in [0.1, 0.15) is 11.5 Å². The summed E-state index contributed by atoms with van der Waals surface area (Å²) in [4.78, 5) is 37.8. The Balaban J connectivity index is 1.16. The van der Waals surface area contributed by atoms with E-state index in [1.54, 1.807) is 36.4 Å². The molecule has 0 N–H and O–H groups in total. The van der Waals surface area contributed by atoms with Gasteiger partial charge in [-0.2, -0.15) is 0 Å². The molecule has 45 heavy (non-hydrogen) atoms. The van der Waals surface area contributed by atoms with Crippen LogP contribution in [0.2, 0.25) is 0 Å². The highest BCUT2D eigenvalue weighted by Crippen LogP contribution is 2.29. The SMILES string of the molecule is Cc1ccc(/C=C/C(=O)Oc2ccc(/C=C3\CCC/C(=C\c4ccc(OC(=O)/C=C/c5ccc(C)cc5)cc4)C3=O)cc2)cc1. The van der Waals surface area contributed by atoms with Crippen molar-refractivity contribution in [2.75, 3.05) is 0 Å². The van der Waals surface area contributed by atoms with Crippen LogP contribution in [0.15, 0.2) is 120 Å². The zero-order valence-electron chi connectivity index (χ0n) is 25.4. The number of hydrogen-bond acceptors (Lipinski definition) is 5. The highest BCUT2D eigenvalue weighted by atomic mass is 16.5. The lowest BCUT2D eigenvalue weighted by molar-refractivity contribution is -0.129. The number of carbonyl (C=O) groups excluding carboxylic acids is 3. The average Bonchev–Trinajstić information content (AvgIpc) is 3.04. The number of esters is 2. The minimum absolute atomic E-state index is 0.0229. The molecule has 4 aromatic carbocycles. The lowest BCUT2D eigenvalue weighted by Crippen LogP contribution is -2.12. The van der Waals surface area contributed by atoms with E-state index in [4.69, 9.17) is 9.47 Å². The molecule has 1 aliphatic rings. The first-order valence-electron chi connectivity index (χ1n) is 14.9. The summed E-state index contributed by atoms with van der Waals surface area (Å²) in [5.74, 6) is -0.0276. The van der Waals surface area contributed by atoms with E-state index in [0.29, 0.717) is 24.3 Å². The molecule has 0 saturated heterocycles. The highest BCUT2D eigenvalue weighted by Gasteiger charge is 2.20. The Kier molecular flexibility index (Phi) is 10.1. The Morgan fingerprint density at radius 2 is 0.889 bits per heavy atom. The normalized spacial score (nSPS) is 15.2. The maximum Gasteiger partial charge on any atom is 0.336 e. The molecule has 0 bridgehead atoms. The maximum atomic E-state index is 13.3. The Labute approximate surface area is 263 Å². The third kappa shape index (κ3) is 9.22. The van der Waals surface area contributed by atoms with E-state index in [0.717, 1.165) is 50.9 Å². The van der Waals surface area contributed by atoms with Crippen LogP contribution in [0.5, 0.6) is 11.5 Å². The van der Waals surface area contributed by atoms with Crippen molar-refractivity contribution in [3.63, 3.8) is 0 Å². The van der Waals surface area contributed by atoms with E-state index in [1.165, 1.54) is 12.2 Å². The summed E-state index contributed by atoms with van der Waals surface area (Å²) in [6.07, 6.45) is 12.3. The molecule has 4 aromatic rings.